The van der Waals surface area contributed by atoms with Crippen LogP contribution in [0.25, 0.3) is 22.6 Å². The summed E-state index contributed by atoms with van der Waals surface area (Å²) >= 11 is 0. The van der Waals surface area contributed by atoms with Gasteiger partial charge in [0.15, 0.2) is 5.82 Å². The molecule has 0 aliphatic carbocycles. The van der Waals surface area contributed by atoms with E-state index >= 15 is 0 Å². The maximum absolute atomic E-state index is 8.67. The maximum atomic E-state index is 8.67. The Morgan fingerprint density at radius 3 is 2.22 bits per heavy atom. The second-order valence-electron chi connectivity index (χ2n) is 4.77. The van der Waals surface area contributed by atoms with Crippen molar-refractivity contribution in [2.45, 2.75) is 6.42 Å². The van der Waals surface area contributed by atoms with E-state index in [1.165, 1.54) is 0 Å². The third-order valence-corrected chi connectivity index (χ3v) is 3.18. The summed E-state index contributed by atoms with van der Waals surface area (Å²) in [5, 5.41) is 11.8. The van der Waals surface area contributed by atoms with Crippen molar-refractivity contribution < 1.29 is 0 Å². The average Bonchev–Trinajstić information content (AvgIpc) is 2.63. The number of nitrogens with zero attached hydrogens (tertiary/aromatic N) is 5. The molecule has 0 saturated heterocycles. The van der Waals surface area contributed by atoms with Crippen LogP contribution in [0.4, 0.5) is 5.82 Å². The van der Waals surface area contributed by atoms with Gasteiger partial charge in [0.05, 0.1) is 18.2 Å². The molecule has 6 nitrogen and oxygen atoms in total. The number of anilines is 1. The van der Waals surface area contributed by atoms with Crippen molar-refractivity contribution in [1.82, 2.24) is 19.9 Å². The molecule has 112 valence electrons. The monoisotopic (exact) mass is 302 g/mol. The molecule has 23 heavy (non-hydrogen) atoms. The lowest BCUT2D eigenvalue weighted by Gasteiger charge is -2.09. The van der Waals surface area contributed by atoms with E-state index in [0.29, 0.717) is 24.6 Å². The Kier molecular flexibility index (Phi) is 4.50. The fraction of sp³-hybridized carbons (Fsp3) is 0.118. The number of hydrogen-bond donors (Lipinski definition) is 1. The molecule has 3 rings (SSSR count). The first-order valence-corrected chi connectivity index (χ1v) is 7.17. The molecular weight excluding hydrogens is 288 g/mol. The normalized spacial score (nSPS) is 10.0. The fourth-order valence-corrected chi connectivity index (χ4v) is 2.08. The highest BCUT2D eigenvalue weighted by Gasteiger charge is 2.08. The van der Waals surface area contributed by atoms with E-state index in [1.807, 2.05) is 30.3 Å². The topological polar surface area (TPSA) is 87.4 Å². The van der Waals surface area contributed by atoms with E-state index in [9.17, 15) is 0 Å². The molecule has 0 unspecified atom stereocenters. The average molecular weight is 302 g/mol. The summed E-state index contributed by atoms with van der Waals surface area (Å²) in [7, 11) is 0. The summed E-state index contributed by atoms with van der Waals surface area (Å²) in [6.45, 7) is 0.541. The van der Waals surface area contributed by atoms with Gasteiger partial charge in [-0.1, -0.05) is 0 Å². The SMILES string of the molecule is N#CCCNc1cc(-c2ccncc2)nc(-c2ccncc2)n1. The highest BCUT2D eigenvalue weighted by Crippen LogP contribution is 2.23. The second kappa shape index (κ2) is 7.09. The highest BCUT2D eigenvalue weighted by molar-refractivity contribution is 5.66. The summed E-state index contributed by atoms with van der Waals surface area (Å²) in [6.07, 6.45) is 7.29. The molecule has 0 radical (unpaired) electrons. The summed E-state index contributed by atoms with van der Waals surface area (Å²) < 4.78 is 0. The molecule has 0 aromatic carbocycles. The number of aromatic nitrogens is 4. The van der Waals surface area contributed by atoms with E-state index in [4.69, 9.17) is 5.26 Å². The molecule has 3 heterocycles. The van der Waals surface area contributed by atoms with Crippen LogP contribution in [0.15, 0.2) is 55.1 Å². The molecule has 0 spiro atoms. The summed E-state index contributed by atoms with van der Waals surface area (Å²) in [6, 6.07) is 11.5. The van der Waals surface area contributed by atoms with Gasteiger partial charge < -0.3 is 5.32 Å². The van der Waals surface area contributed by atoms with E-state index in [2.05, 4.69) is 31.3 Å². The van der Waals surface area contributed by atoms with E-state index in [1.54, 1.807) is 24.8 Å². The Morgan fingerprint density at radius 2 is 1.57 bits per heavy atom. The summed E-state index contributed by atoms with van der Waals surface area (Å²) in [5.74, 6) is 1.30. The zero-order valence-electron chi connectivity index (χ0n) is 12.3. The smallest absolute Gasteiger partial charge is 0.162 e. The molecule has 0 aliphatic rings. The first-order valence-electron chi connectivity index (χ1n) is 7.17. The fourth-order valence-electron chi connectivity index (χ4n) is 2.08. The predicted molar refractivity (Wildman–Crippen MR) is 87.2 cm³/mol. The molecule has 3 aromatic heterocycles. The van der Waals surface area contributed by atoms with Crippen LogP contribution >= 0.6 is 0 Å². The second-order valence-corrected chi connectivity index (χ2v) is 4.77. The largest absolute Gasteiger partial charge is 0.369 e. The van der Waals surface area contributed by atoms with Crippen molar-refractivity contribution in [3.8, 4) is 28.7 Å². The minimum absolute atomic E-state index is 0.416. The molecule has 0 bridgehead atoms. The highest BCUT2D eigenvalue weighted by atomic mass is 15.0. The quantitative estimate of drug-likeness (QED) is 0.729. The van der Waals surface area contributed by atoms with Crippen LogP contribution < -0.4 is 5.32 Å². The van der Waals surface area contributed by atoms with Gasteiger partial charge in [-0.2, -0.15) is 5.26 Å². The van der Waals surface area contributed by atoms with E-state index in [-0.39, 0.29) is 0 Å². The van der Waals surface area contributed by atoms with Gasteiger partial charge in [0.1, 0.15) is 5.82 Å². The van der Waals surface area contributed by atoms with Gasteiger partial charge in [0, 0.05) is 48.5 Å². The van der Waals surface area contributed by atoms with Crippen LogP contribution in [0.2, 0.25) is 0 Å². The lowest BCUT2D eigenvalue weighted by Crippen LogP contribution is -2.05. The van der Waals surface area contributed by atoms with Crippen LogP contribution in [-0.2, 0) is 0 Å². The van der Waals surface area contributed by atoms with Crippen molar-refractivity contribution in [3.63, 3.8) is 0 Å². The summed E-state index contributed by atoms with van der Waals surface area (Å²) in [5.41, 5.74) is 2.65. The van der Waals surface area contributed by atoms with Crippen LogP contribution in [-0.4, -0.2) is 26.5 Å². The third kappa shape index (κ3) is 3.66. The van der Waals surface area contributed by atoms with Crippen LogP contribution in [0.1, 0.15) is 6.42 Å². The van der Waals surface area contributed by atoms with Crippen molar-refractivity contribution in [1.29, 1.82) is 5.26 Å². The standard InChI is InChI=1S/C17H14N6/c18-6-1-7-21-16-12-15(13-2-8-19-9-3-13)22-17(23-16)14-4-10-20-11-5-14/h2-5,8-12H,1,7H2,(H,21,22,23). The lowest BCUT2D eigenvalue weighted by molar-refractivity contribution is 1.04. The van der Waals surface area contributed by atoms with Gasteiger partial charge in [-0.25, -0.2) is 9.97 Å². The van der Waals surface area contributed by atoms with Crippen molar-refractivity contribution in [2.24, 2.45) is 0 Å². The first-order chi connectivity index (χ1) is 11.4. The molecule has 6 heteroatoms. The van der Waals surface area contributed by atoms with E-state index < -0.39 is 0 Å². The first kappa shape index (κ1) is 14.6. The van der Waals surface area contributed by atoms with Crippen LogP contribution in [0.5, 0.6) is 0 Å². The van der Waals surface area contributed by atoms with Crippen molar-refractivity contribution in [3.05, 3.63) is 55.1 Å². The molecule has 0 aliphatic heterocycles. The molecule has 0 fully saturated rings. The Balaban J connectivity index is 2.02. The molecule has 1 N–H and O–H groups in total. The molecule has 0 saturated carbocycles. The number of pyridine rings is 2. The Hall–Kier alpha value is -3.33. The van der Waals surface area contributed by atoms with Crippen molar-refractivity contribution in [2.75, 3.05) is 11.9 Å². The van der Waals surface area contributed by atoms with E-state index in [0.717, 1.165) is 16.8 Å². The van der Waals surface area contributed by atoms with Gasteiger partial charge >= 0.3 is 0 Å². The number of nitriles is 1. The van der Waals surface area contributed by atoms with Gasteiger partial charge in [0.25, 0.3) is 0 Å². The molecular formula is C17H14N6. The van der Waals surface area contributed by atoms with Gasteiger partial charge in [-0.15, -0.1) is 0 Å². The number of rotatable bonds is 5. The lowest BCUT2D eigenvalue weighted by atomic mass is 10.1. The Morgan fingerprint density at radius 1 is 0.913 bits per heavy atom. The number of hydrogen-bond acceptors (Lipinski definition) is 6. The third-order valence-electron chi connectivity index (χ3n) is 3.18. The van der Waals surface area contributed by atoms with Crippen LogP contribution in [0, 0.1) is 11.3 Å². The zero-order valence-corrected chi connectivity index (χ0v) is 12.3. The van der Waals surface area contributed by atoms with Crippen LogP contribution in [0.3, 0.4) is 0 Å². The van der Waals surface area contributed by atoms with Gasteiger partial charge in [-0.05, 0) is 24.3 Å². The minimum Gasteiger partial charge on any atom is -0.369 e. The van der Waals surface area contributed by atoms with Crippen molar-refractivity contribution >= 4 is 5.82 Å². The summed E-state index contributed by atoms with van der Waals surface area (Å²) in [4.78, 5) is 17.2. The van der Waals surface area contributed by atoms with Gasteiger partial charge in [0.2, 0.25) is 0 Å². The molecule has 3 aromatic rings. The van der Waals surface area contributed by atoms with Gasteiger partial charge in [-0.3, -0.25) is 9.97 Å². The zero-order chi connectivity index (χ0) is 15.9. The predicted octanol–water partition coefficient (Wildman–Crippen LogP) is 2.93. The molecule has 0 atom stereocenters. The Labute approximate surface area is 133 Å². The minimum atomic E-state index is 0.416. The number of nitrogens with one attached hydrogen (secondary N) is 1. The maximum Gasteiger partial charge on any atom is 0.162 e. The molecule has 0 amide bonds. The Bertz CT molecular complexity index is 754.